The minimum absolute atomic E-state index is 0.460. The Morgan fingerprint density at radius 3 is 2.31 bits per heavy atom. The van der Waals surface area contributed by atoms with E-state index < -0.39 is 0 Å². The van der Waals surface area contributed by atoms with E-state index in [9.17, 15) is 0 Å². The fraction of sp³-hybridized carbons (Fsp3) is 0.600. The first-order chi connectivity index (χ1) is 7.69. The van der Waals surface area contributed by atoms with Gasteiger partial charge in [0.25, 0.3) is 0 Å². The molecule has 1 atom stereocenters. The van der Waals surface area contributed by atoms with Gasteiger partial charge in [0.05, 0.1) is 0 Å². The summed E-state index contributed by atoms with van der Waals surface area (Å²) < 4.78 is 0. The quantitative estimate of drug-likeness (QED) is 0.760. The monoisotopic (exact) mass is 219 g/mol. The highest BCUT2D eigenvalue weighted by atomic mass is 14.9. The minimum atomic E-state index is 0.460. The average Bonchev–Trinajstić information content (AvgIpc) is 2.30. The van der Waals surface area contributed by atoms with Crippen molar-refractivity contribution in [2.24, 2.45) is 5.92 Å². The topological polar surface area (TPSA) is 12.0 Å². The van der Waals surface area contributed by atoms with Crippen LogP contribution in [0.2, 0.25) is 0 Å². The zero-order chi connectivity index (χ0) is 12.0. The third kappa shape index (κ3) is 3.64. The van der Waals surface area contributed by atoms with Crippen molar-refractivity contribution in [2.45, 2.75) is 46.6 Å². The molecule has 1 aromatic carbocycles. The lowest BCUT2D eigenvalue weighted by molar-refractivity contribution is 0.422. The van der Waals surface area contributed by atoms with Gasteiger partial charge in [-0.15, -0.1) is 0 Å². The second-order valence-corrected chi connectivity index (χ2v) is 4.67. The van der Waals surface area contributed by atoms with Crippen LogP contribution in [0.25, 0.3) is 0 Å². The second-order valence-electron chi connectivity index (χ2n) is 4.67. The molecule has 90 valence electrons. The van der Waals surface area contributed by atoms with E-state index in [1.807, 2.05) is 0 Å². The van der Waals surface area contributed by atoms with Gasteiger partial charge >= 0.3 is 0 Å². The normalized spacial score (nSPS) is 13.1. The van der Waals surface area contributed by atoms with E-state index in [0.717, 1.165) is 12.5 Å². The van der Waals surface area contributed by atoms with E-state index in [1.165, 1.54) is 24.0 Å². The maximum absolute atomic E-state index is 3.64. The molecule has 0 aliphatic rings. The van der Waals surface area contributed by atoms with Crippen molar-refractivity contribution in [2.75, 3.05) is 6.54 Å². The zero-order valence-corrected chi connectivity index (χ0v) is 11.1. The first kappa shape index (κ1) is 13.2. The van der Waals surface area contributed by atoms with Crippen LogP contribution < -0.4 is 5.32 Å². The number of aryl methyl sites for hydroxylation is 1. The number of benzene rings is 1. The molecule has 0 saturated carbocycles. The average molecular weight is 219 g/mol. The van der Waals surface area contributed by atoms with E-state index in [-0.39, 0.29) is 0 Å². The maximum atomic E-state index is 3.64. The molecule has 0 aromatic heterocycles. The van der Waals surface area contributed by atoms with Crippen molar-refractivity contribution >= 4 is 0 Å². The molecule has 0 heterocycles. The van der Waals surface area contributed by atoms with Crippen molar-refractivity contribution in [3.63, 3.8) is 0 Å². The summed E-state index contributed by atoms with van der Waals surface area (Å²) in [4.78, 5) is 0. The number of rotatable bonds is 6. The smallest absolute Gasteiger partial charge is 0.0294 e. The first-order valence-corrected chi connectivity index (χ1v) is 6.47. The number of hydrogen-bond acceptors (Lipinski definition) is 1. The Bertz CT molecular complexity index is 302. The molecule has 0 bridgehead atoms. The van der Waals surface area contributed by atoms with Crippen molar-refractivity contribution in [1.29, 1.82) is 0 Å². The second kappa shape index (κ2) is 6.70. The molecule has 0 spiro atoms. The van der Waals surface area contributed by atoms with Gasteiger partial charge in [0.2, 0.25) is 0 Å². The van der Waals surface area contributed by atoms with E-state index in [0.29, 0.717) is 6.04 Å². The van der Waals surface area contributed by atoms with Crippen LogP contribution in [-0.4, -0.2) is 6.54 Å². The summed E-state index contributed by atoms with van der Waals surface area (Å²) in [6.07, 6.45) is 2.54. The molecular formula is C15H25N. The summed E-state index contributed by atoms with van der Waals surface area (Å²) >= 11 is 0. The van der Waals surface area contributed by atoms with Crippen LogP contribution >= 0.6 is 0 Å². The third-order valence-electron chi connectivity index (χ3n) is 3.52. The summed E-state index contributed by atoms with van der Waals surface area (Å²) in [5, 5.41) is 3.64. The van der Waals surface area contributed by atoms with Gasteiger partial charge in [-0.2, -0.15) is 0 Å². The lowest BCUT2D eigenvalue weighted by Crippen LogP contribution is -2.25. The minimum Gasteiger partial charge on any atom is -0.310 e. The predicted octanol–water partition coefficient (Wildman–Crippen LogP) is 4.08. The van der Waals surface area contributed by atoms with Gasteiger partial charge in [0, 0.05) is 6.04 Å². The molecule has 0 amide bonds. The lowest BCUT2D eigenvalue weighted by Gasteiger charge is -2.20. The predicted molar refractivity (Wildman–Crippen MR) is 71.7 cm³/mol. The first-order valence-electron chi connectivity index (χ1n) is 6.47. The van der Waals surface area contributed by atoms with Crippen LogP contribution in [0.5, 0.6) is 0 Å². The summed E-state index contributed by atoms with van der Waals surface area (Å²) in [5.41, 5.74) is 2.81. The van der Waals surface area contributed by atoms with Crippen molar-refractivity contribution in [1.82, 2.24) is 5.32 Å². The molecule has 1 rings (SSSR count). The Balaban J connectivity index is 2.52. The summed E-state index contributed by atoms with van der Waals surface area (Å²) in [6, 6.07) is 9.09. The highest BCUT2D eigenvalue weighted by Crippen LogP contribution is 2.17. The molecule has 0 saturated heterocycles. The summed E-state index contributed by atoms with van der Waals surface area (Å²) in [6.45, 7) is 10.1. The zero-order valence-electron chi connectivity index (χ0n) is 11.1. The van der Waals surface area contributed by atoms with E-state index in [1.54, 1.807) is 0 Å². The van der Waals surface area contributed by atoms with Crippen LogP contribution in [0.3, 0.4) is 0 Å². The molecule has 1 nitrogen and oxygen atoms in total. The van der Waals surface area contributed by atoms with Gasteiger partial charge in [-0.1, -0.05) is 51.0 Å². The molecule has 0 radical (unpaired) electrons. The van der Waals surface area contributed by atoms with E-state index >= 15 is 0 Å². The Morgan fingerprint density at radius 2 is 1.75 bits per heavy atom. The molecule has 1 unspecified atom stereocenters. The largest absolute Gasteiger partial charge is 0.310 e. The molecule has 1 N–H and O–H groups in total. The molecule has 0 aliphatic carbocycles. The fourth-order valence-corrected chi connectivity index (χ4v) is 2.10. The standard InChI is InChI=1S/C15H25N/c1-5-14(6-2)11-16-13(4)15-10-8-7-9-12(15)3/h7-10,13-14,16H,5-6,11H2,1-4H3. The van der Waals surface area contributed by atoms with E-state index in [4.69, 9.17) is 0 Å². The maximum Gasteiger partial charge on any atom is 0.0294 e. The number of hydrogen-bond donors (Lipinski definition) is 1. The highest BCUT2D eigenvalue weighted by Gasteiger charge is 2.09. The van der Waals surface area contributed by atoms with E-state index in [2.05, 4.69) is 57.3 Å². The molecule has 1 heteroatoms. The lowest BCUT2D eigenvalue weighted by atomic mass is 10.00. The Labute approximate surface area is 100 Å². The van der Waals surface area contributed by atoms with Gasteiger partial charge in [0.1, 0.15) is 0 Å². The van der Waals surface area contributed by atoms with Crippen LogP contribution in [0.4, 0.5) is 0 Å². The molecule has 0 fully saturated rings. The van der Waals surface area contributed by atoms with Gasteiger partial charge in [-0.3, -0.25) is 0 Å². The molecule has 1 aromatic rings. The Morgan fingerprint density at radius 1 is 1.12 bits per heavy atom. The fourth-order valence-electron chi connectivity index (χ4n) is 2.10. The van der Waals surface area contributed by atoms with Crippen molar-refractivity contribution in [3.8, 4) is 0 Å². The number of nitrogens with one attached hydrogen (secondary N) is 1. The van der Waals surface area contributed by atoms with Crippen LogP contribution in [-0.2, 0) is 0 Å². The van der Waals surface area contributed by atoms with Crippen LogP contribution in [0.15, 0.2) is 24.3 Å². The summed E-state index contributed by atoms with van der Waals surface area (Å²) in [5.74, 6) is 0.812. The highest BCUT2D eigenvalue weighted by molar-refractivity contribution is 5.28. The third-order valence-corrected chi connectivity index (χ3v) is 3.52. The van der Waals surface area contributed by atoms with Crippen molar-refractivity contribution in [3.05, 3.63) is 35.4 Å². The van der Waals surface area contributed by atoms with Crippen LogP contribution in [0.1, 0.15) is 50.8 Å². The van der Waals surface area contributed by atoms with Gasteiger partial charge in [0.15, 0.2) is 0 Å². The van der Waals surface area contributed by atoms with Gasteiger partial charge in [-0.25, -0.2) is 0 Å². The Kier molecular flexibility index (Phi) is 5.54. The summed E-state index contributed by atoms with van der Waals surface area (Å²) in [7, 11) is 0. The molecular weight excluding hydrogens is 194 g/mol. The molecule has 0 aliphatic heterocycles. The SMILES string of the molecule is CCC(CC)CNC(C)c1ccccc1C. The van der Waals surface area contributed by atoms with Gasteiger partial charge in [-0.05, 0) is 37.4 Å². The van der Waals surface area contributed by atoms with Gasteiger partial charge < -0.3 is 5.32 Å². The van der Waals surface area contributed by atoms with Crippen molar-refractivity contribution < 1.29 is 0 Å². The molecule has 16 heavy (non-hydrogen) atoms. The van der Waals surface area contributed by atoms with Crippen LogP contribution in [0, 0.1) is 12.8 Å². The Hall–Kier alpha value is -0.820.